The van der Waals surface area contributed by atoms with Crippen molar-refractivity contribution in [3.05, 3.63) is 29.3 Å². The van der Waals surface area contributed by atoms with Crippen molar-refractivity contribution >= 4 is 5.91 Å². The molecule has 1 amide bonds. The van der Waals surface area contributed by atoms with Crippen molar-refractivity contribution in [1.29, 1.82) is 0 Å². The van der Waals surface area contributed by atoms with Crippen LogP contribution in [0.4, 0.5) is 0 Å². The van der Waals surface area contributed by atoms with E-state index in [1.807, 2.05) is 12.1 Å². The van der Waals surface area contributed by atoms with Gasteiger partial charge in [-0.25, -0.2) is 0 Å². The van der Waals surface area contributed by atoms with E-state index < -0.39 is 0 Å². The summed E-state index contributed by atoms with van der Waals surface area (Å²) in [6, 6.07) is 6.18. The van der Waals surface area contributed by atoms with Crippen LogP contribution in [0.15, 0.2) is 18.2 Å². The quantitative estimate of drug-likeness (QED) is 0.849. The molecule has 1 aliphatic carbocycles. The molecule has 18 heavy (non-hydrogen) atoms. The highest BCUT2D eigenvalue weighted by atomic mass is 16.5. The fourth-order valence-corrected chi connectivity index (χ4v) is 2.29. The van der Waals surface area contributed by atoms with E-state index in [4.69, 9.17) is 10.5 Å². The molecule has 1 aromatic carbocycles. The molecule has 0 fully saturated rings. The third kappa shape index (κ3) is 3.01. The van der Waals surface area contributed by atoms with Crippen molar-refractivity contribution in [2.75, 3.05) is 13.7 Å². The van der Waals surface area contributed by atoms with Gasteiger partial charge in [0.1, 0.15) is 5.75 Å². The molecule has 1 aromatic rings. The second-order valence-corrected chi connectivity index (χ2v) is 4.63. The van der Waals surface area contributed by atoms with Crippen LogP contribution in [0.25, 0.3) is 0 Å². The standard InChI is InChI=1S/C14H20N2O2/c1-16-14(17)7-8-18-11-6-5-10-3-2-4-13(15)12(10)9-11/h5-6,9,13H,2-4,7-8,15H2,1H3,(H,16,17)/t13-/m1/s1. The zero-order valence-corrected chi connectivity index (χ0v) is 10.7. The topological polar surface area (TPSA) is 64.3 Å². The van der Waals surface area contributed by atoms with Crippen LogP contribution in [-0.4, -0.2) is 19.6 Å². The zero-order valence-electron chi connectivity index (χ0n) is 10.7. The smallest absolute Gasteiger partial charge is 0.223 e. The summed E-state index contributed by atoms with van der Waals surface area (Å²) in [5.41, 5.74) is 8.61. The molecule has 0 spiro atoms. The van der Waals surface area contributed by atoms with Gasteiger partial charge in [-0.05, 0) is 42.5 Å². The van der Waals surface area contributed by atoms with Crippen LogP contribution in [0.2, 0.25) is 0 Å². The van der Waals surface area contributed by atoms with Gasteiger partial charge in [0.2, 0.25) is 5.91 Å². The van der Waals surface area contributed by atoms with Crippen LogP contribution in [0.3, 0.4) is 0 Å². The van der Waals surface area contributed by atoms with Crippen LogP contribution in [0.1, 0.15) is 36.4 Å². The first-order valence-corrected chi connectivity index (χ1v) is 6.42. The second kappa shape index (κ2) is 5.87. The molecule has 98 valence electrons. The molecule has 4 nitrogen and oxygen atoms in total. The Hall–Kier alpha value is -1.55. The van der Waals surface area contributed by atoms with E-state index in [0.29, 0.717) is 13.0 Å². The van der Waals surface area contributed by atoms with Crippen molar-refractivity contribution in [1.82, 2.24) is 5.32 Å². The Kier molecular flexibility index (Phi) is 4.20. The van der Waals surface area contributed by atoms with E-state index in [2.05, 4.69) is 11.4 Å². The summed E-state index contributed by atoms with van der Waals surface area (Å²) in [7, 11) is 1.63. The number of hydrogen-bond acceptors (Lipinski definition) is 3. The Balaban J connectivity index is 1.98. The molecule has 0 radical (unpaired) electrons. The van der Waals surface area contributed by atoms with Crippen molar-refractivity contribution < 1.29 is 9.53 Å². The van der Waals surface area contributed by atoms with E-state index >= 15 is 0 Å². The van der Waals surface area contributed by atoms with E-state index in [1.165, 1.54) is 11.1 Å². The lowest BCUT2D eigenvalue weighted by Gasteiger charge is -2.22. The van der Waals surface area contributed by atoms with E-state index in [0.717, 1.165) is 25.0 Å². The molecule has 0 unspecified atom stereocenters. The van der Waals surface area contributed by atoms with Crippen LogP contribution in [0.5, 0.6) is 5.75 Å². The molecule has 0 saturated heterocycles. The highest BCUT2D eigenvalue weighted by Crippen LogP contribution is 2.30. The number of ether oxygens (including phenoxy) is 1. The molecule has 1 atom stereocenters. The number of nitrogens with two attached hydrogens (primary N) is 1. The number of rotatable bonds is 4. The van der Waals surface area contributed by atoms with Gasteiger partial charge in [0, 0.05) is 13.1 Å². The van der Waals surface area contributed by atoms with Gasteiger partial charge in [-0.2, -0.15) is 0 Å². The van der Waals surface area contributed by atoms with Gasteiger partial charge in [0.05, 0.1) is 13.0 Å². The van der Waals surface area contributed by atoms with Crippen molar-refractivity contribution in [3.8, 4) is 5.75 Å². The number of amides is 1. The second-order valence-electron chi connectivity index (χ2n) is 4.63. The SMILES string of the molecule is CNC(=O)CCOc1ccc2c(c1)[C@H](N)CCC2. The fourth-order valence-electron chi connectivity index (χ4n) is 2.29. The maximum Gasteiger partial charge on any atom is 0.223 e. The maximum absolute atomic E-state index is 11.1. The van der Waals surface area contributed by atoms with Gasteiger partial charge < -0.3 is 15.8 Å². The van der Waals surface area contributed by atoms with E-state index in [1.54, 1.807) is 7.05 Å². The predicted molar refractivity (Wildman–Crippen MR) is 70.5 cm³/mol. The van der Waals surface area contributed by atoms with Gasteiger partial charge in [-0.15, -0.1) is 0 Å². The van der Waals surface area contributed by atoms with E-state index in [9.17, 15) is 4.79 Å². The number of fused-ring (bicyclic) bond motifs is 1. The Morgan fingerprint density at radius 1 is 1.56 bits per heavy atom. The first-order chi connectivity index (χ1) is 8.70. The molecular formula is C14H20N2O2. The summed E-state index contributed by atoms with van der Waals surface area (Å²) in [5, 5.41) is 2.57. The molecule has 0 aromatic heterocycles. The lowest BCUT2D eigenvalue weighted by Crippen LogP contribution is -2.20. The Morgan fingerprint density at radius 3 is 3.17 bits per heavy atom. The summed E-state index contributed by atoms with van der Waals surface area (Å²) < 4.78 is 5.58. The van der Waals surface area contributed by atoms with Gasteiger partial charge in [-0.1, -0.05) is 6.07 Å². The summed E-state index contributed by atoms with van der Waals surface area (Å²) >= 11 is 0. The van der Waals surface area contributed by atoms with Crippen LogP contribution in [0, 0.1) is 0 Å². The number of carbonyl (C=O) groups excluding carboxylic acids is 1. The van der Waals surface area contributed by atoms with Gasteiger partial charge in [0.25, 0.3) is 0 Å². The van der Waals surface area contributed by atoms with Crippen molar-refractivity contribution in [2.45, 2.75) is 31.7 Å². The minimum Gasteiger partial charge on any atom is -0.493 e. The maximum atomic E-state index is 11.1. The van der Waals surface area contributed by atoms with Crippen LogP contribution in [-0.2, 0) is 11.2 Å². The average molecular weight is 248 g/mol. The van der Waals surface area contributed by atoms with Gasteiger partial charge in [0.15, 0.2) is 0 Å². The summed E-state index contributed by atoms with van der Waals surface area (Å²) in [4.78, 5) is 11.1. The molecule has 0 heterocycles. The Bertz CT molecular complexity index is 432. The molecule has 1 aliphatic rings. The largest absolute Gasteiger partial charge is 0.493 e. The number of aryl methyl sites for hydroxylation is 1. The molecular weight excluding hydrogens is 228 g/mol. The lowest BCUT2D eigenvalue weighted by atomic mass is 9.88. The Labute approximate surface area is 108 Å². The molecule has 0 aliphatic heterocycles. The number of nitrogens with one attached hydrogen (secondary N) is 1. The molecule has 3 N–H and O–H groups in total. The molecule has 0 saturated carbocycles. The molecule has 0 bridgehead atoms. The first kappa shape index (κ1) is 12.9. The van der Waals surface area contributed by atoms with Crippen LogP contribution >= 0.6 is 0 Å². The Morgan fingerprint density at radius 2 is 2.39 bits per heavy atom. The van der Waals surface area contributed by atoms with Crippen molar-refractivity contribution in [2.24, 2.45) is 5.73 Å². The summed E-state index contributed by atoms with van der Waals surface area (Å²) in [6.45, 7) is 0.397. The highest BCUT2D eigenvalue weighted by Gasteiger charge is 2.17. The monoisotopic (exact) mass is 248 g/mol. The van der Waals surface area contributed by atoms with Crippen molar-refractivity contribution in [3.63, 3.8) is 0 Å². The first-order valence-electron chi connectivity index (χ1n) is 6.42. The van der Waals surface area contributed by atoms with Crippen LogP contribution < -0.4 is 15.8 Å². The fraction of sp³-hybridized carbons (Fsp3) is 0.500. The third-order valence-electron chi connectivity index (χ3n) is 3.35. The van der Waals surface area contributed by atoms with Gasteiger partial charge in [-0.3, -0.25) is 4.79 Å². The lowest BCUT2D eigenvalue weighted by molar-refractivity contribution is -0.121. The third-order valence-corrected chi connectivity index (χ3v) is 3.35. The summed E-state index contributed by atoms with van der Waals surface area (Å²) in [5.74, 6) is 0.791. The highest BCUT2D eigenvalue weighted by molar-refractivity contribution is 5.75. The normalized spacial score (nSPS) is 18.0. The average Bonchev–Trinajstić information content (AvgIpc) is 2.39. The van der Waals surface area contributed by atoms with E-state index in [-0.39, 0.29) is 11.9 Å². The predicted octanol–water partition coefficient (Wildman–Crippen LogP) is 1.54. The number of benzene rings is 1. The minimum absolute atomic E-state index is 0.00957. The number of carbonyl (C=O) groups is 1. The number of hydrogen-bond donors (Lipinski definition) is 2. The molecule has 4 heteroatoms. The van der Waals surface area contributed by atoms with Gasteiger partial charge >= 0.3 is 0 Å². The summed E-state index contributed by atoms with van der Waals surface area (Å²) in [6.07, 6.45) is 3.67. The minimum atomic E-state index is -0.00957. The molecule has 2 rings (SSSR count). The zero-order chi connectivity index (χ0) is 13.0.